The molecular formula is C22H26FN5O. The number of aliphatic imine (C=N–C) groups is 1. The Balaban J connectivity index is 1.48. The van der Waals surface area contributed by atoms with Gasteiger partial charge in [0.05, 0.1) is 13.1 Å². The van der Waals surface area contributed by atoms with E-state index in [1.807, 2.05) is 42.5 Å². The minimum Gasteiger partial charge on any atom is -0.492 e. The van der Waals surface area contributed by atoms with Crippen molar-refractivity contribution < 1.29 is 9.13 Å². The summed E-state index contributed by atoms with van der Waals surface area (Å²) in [6.45, 7) is 2.44. The minimum atomic E-state index is -0.273. The number of halogens is 1. The van der Waals surface area contributed by atoms with Gasteiger partial charge in [-0.15, -0.1) is 0 Å². The summed E-state index contributed by atoms with van der Waals surface area (Å²) in [4.78, 5) is 10.8. The van der Waals surface area contributed by atoms with E-state index < -0.39 is 0 Å². The summed E-state index contributed by atoms with van der Waals surface area (Å²) in [6.07, 6.45) is 3.79. The van der Waals surface area contributed by atoms with E-state index in [0.29, 0.717) is 25.4 Å². The molecule has 3 rings (SSSR count). The lowest BCUT2D eigenvalue weighted by Gasteiger charge is -2.22. The van der Waals surface area contributed by atoms with Crippen molar-refractivity contribution in [2.75, 3.05) is 27.2 Å². The number of imidazole rings is 1. The monoisotopic (exact) mass is 395 g/mol. The molecule has 0 amide bonds. The fourth-order valence-corrected chi connectivity index (χ4v) is 2.91. The number of nitrogens with one attached hydrogen (secondary N) is 1. The van der Waals surface area contributed by atoms with Crippen LogP contribution in [0.1, 0.15) is 11.4 Å². The Morgan fingerprint density at radius 1 is 1.17 bits per heavy atom. The number of hydrogen-bond acceptors (Lipinski definition) is 3. The van der Waals surface area contributed by atoms with Crippen molar-refractivity contribution in [2.45, 2.75) is 13.1 Å². The lowest BCUT2D eigenvalue weighted by molar-refractivity contribution is 0.281. The summed E-state index contributed by atoms with van der Waals surface area (Å²) in [5.41, 5.74) is 1.23. The largest absolute Gasteiger partial charge is 0.492 e. The van der Waals surface area contributed by atoms with Gasteiger partial charge >= 0.3 is 0 Å². The Kier molecular flexibility index (Phi) is 7.22. The van der Waals surface area contributed by atoms with E-state index in [1.165, 1.54) is 17.7 Å². The fourth-order valence-electron chi connectivity index (χ4n) is 2.91. The predicted molar refractivity (Wildman–Crippen MR) is 112 cm³/mol. The van der Waals surface area contributed by atoms with Crippen molar-refractivity contribution in [1.29, 1.82) is 0 Å². The first-order valence-electron chi connectivity index (χ1n) is 9.50. The third kappa shape index (κ3) is 6.07. The van der Waals surface area contributed by atoms with Gasteiger partial charge in [-0.05, 0) is 29.8 Å². The van der Waals surface area contributed by atoms with Gasteiger partial charge in [-0.3, -0.25) is 4.99 Å². The summed E-state index contributed by atoms with van der Waals surface area (Å²) in [7, 11) is 3.69. The van der Waals surface area contributed by atoms with Gasteiger partial charge in [0.1, 0.15) is 24.0 Å². The summed E-state index contributed by atoms with van der Waals surface area (Å²) in [5, 5.41) is 3.34. The number of hydrogen-bond donors (Lipinski definition) is 1. The van der Waals surface area contributed by atoms with Crippen LogP contribution in [0.25, 0.3) is 0 Å². The van der Waals surface area contributed by atoms with E-state index in [1.54, 1.807) is 19.2 Å². The van der Waals surface area contributed by atoms with E-state index in [-0.39, 0.29) is 5.82 Å². The van der Waals surface area contributed by atoms with E-state index in [0.717, 1.165) is 18.3 Å². The van der Waals surface area contributed by atoms with Crippen LogP contribution in [0.4, 0.5) is 4.39 Å². The van der Waals surface area contributed by atoms with Crippen LogP contribution in [0, 0.1) is 5.82 Å². The second-order valence-electron chi connectivity index (χ2n) is 6.58. The van der Waals surface area contributed by atoms with Gasteiger partial charge < -0.3 is 19.5 Å². The van der Waals surface area contributed by atoms with E-state index in [4.69, 9.17) is 4.74 Å². The first kappa shape index (κ1) is 20.4. The van der Waals surface area contributed by atoms with Gasteiger partial charge in [-0.2, -0.15) is 0 Å². The summed E-state index contributed by atoms with van der Waals surface area (Å²) < 4.78 is 20.7. The molecule has 0 radical (unpaired) electrons. The molecule has 29 heavy (non-hydrogen) atoms. The number of ether oxygens (including phenoxy) is 1. The van der Waals surface area contributed by atoms with Crippen molar-refractivity contribution in [3.8, 4) is 5.75 Å². The van der Waals surface area contributed by atoms with Crippen molar-refractivity contribution in [3.63, 3.8) is 0 Å². The highest BCUT2D eigenvalue weighted by molar-refractivity contribution is 5.79. The number of aromatic nitrogens is 2. The average molecular weight is 395 g/mol. The van der Waals surface area contributed by atoms with Gasteiger partial charge in [0.2, 0.25) is 0 Å². The zero-order valence-corrected chi connectivity index (χ0v) is 16.8. The maximum absolute atomic E-state index is 12.9. The lowest BCUT2D eigenvalue weighted by atomic mass is 10.2. The number of benzene rings is 2. The zero-order chi connectivity index (χ0) is 20.5. The third-order valence-corrected chi connectivity index (χ3v) is 4.48. The third-order valence-electron chi connectivity index (χ3n) is 4.48. The predicted octanol–water partition coefficient (Wildman–Crippen LogP) is 3.16. The Bertz CT molecular complexity index is 908. The highest BCUT2D eigenvalue weighted by Gasteiger charge is 2.09. The SMILES string of the molecule is CN=C(NCc1nccn1Cc1ccccc1)N(C)CCOc1ccc(F)cc1. The smallest absolute Gasteiger partial charge is 0.193 e. The molecule has 0 spiro atoms. The van der Waals surface area contributed by atoms with E-state index >= 15 is 0 Å². The molecule has 1 N–H and O–H groups in total. The van der Waals surface area contributed by atoms with E-state index in [2.05, 4.69) is 32.0 Å². The normalized spacial score (nSPS) is 11.3. The summed E-state index contributed by atoms with van der Waals surface area (Å²) >= 11 is 0. The molecule has 1 aromatic heterocycles. The Labute approximate surface area is 170 Å². The first-order chi connectivity index (χ1) is 14.2. The standard InChI is InChI=1S/C22H26FN5O/c1-24-22(27(2)14-15-29-20-10-8-19(23)9-11-20)26-16-21-25-12-13-28(21)17-18-6-4-3-5-7-18/h3-13H,14-17H2,1-2H3,(H,24,26). The molecule has 0 fully saturated rings. The van der Waals surface area contributed by atoms with Crippen molar-refractivity contribution in [3.05, 3.63) is 84.2 Å². The van der Waals surface area contributed by atoms with Crippen LogP contribution in [-0.4, -0.2) is 47.7 Å². The highest BCUT2D eigenvalue weighted by Crippen LogP contribution is 2.11. The van der Waals surface area contributed by atoms with Crippen LogP contribution in [0.15, 0.2) is 72.0 Å². The molecule has 6 nitrogen and oxygen atoms in total. The molecule has 0 aliphatic heterocycles. The molecule has 1 heterocycles. The van der Waals surface area contributed by atoms with Crippen molar-refractivity contribution in [1.82, 2.24) is 19.8 Å². The Morgan fingerprint density at radius 2 is 1.93 bits per heavy atom. The first-order valence-corrected chi connectivity index (χ1v) is 9.50. The maximum Gasteiger partial charge on any atom is 0.193 e. The van der Waals surface area contributed by atoms with Crippen LogP contribution in [-0.2, 0) is 13.1 Å². The van der Waals surface area contributed by atoms with Gasteiger partial charge in [0, 0.05) is 33.0 Å². The molecule has 0 saturated heterocycles. The van der Waals surface area contributed by atoms with Crippen LogP contribution >= 0.6 is 0 Å². The van der Waals surface area contributed by atoms with Crippen LogP contribution in [0.2, 0.25) is 0 Å². The van der Waals surface area contributed by atoms with Crippen LogP contribution in [0.3, 0.4) is 0 Å². The highest BCUT2D eigenvalue weighted by atomic mass is 19.1. The second kappa shape index (κ2) is 10.3. The fraction of sp³-hybridized carbons (Fsp3) is 0.273. The minimum absolute atomic E-state index is 0.273. The molecule has 0 atom stereocenters. The quantitative estimate of drug-likeness (QED) is 0.470. The van der Waals surface area contributed by atoms with Gasteiger partial charge in [-0.1, -0.05) is 30.3 Å². The molecule has 0 aliphatic rings. The van der Waals surface area contributed by atoms with E-state index in [9.17, 15) is 4.39 Å². The summed E-state index contributed by atoms with van der Waals surface area (Å²) in [6, 6.07) is 16.3. The lowest BCUT2D eigenvalue weighted by Crippen LogP contribution is -2.40. The van der Waals surface area contributed by atoms with Gasteiger partial charge in [-0.25, -0.2) is 9.37 Å². The number of likely N-dealkylation sites (N-methyl/N-ethyl adjacent to an activating group) is 1. The van der Waals surface area contributed by atoms with Crippen LogP contribution < -0.4 is 10.1 Å². The molecule has 2 aromatic carbocycles. The van der Waals surface area contributed by atoms with Crippen LogP contribution in [0.5, 0.6) is 5.75 Å². The number of guanidine groups is 1. The van der Waals surface area contributed by atoms with Crippen molar-refractivity contribution in [2.24, 2.45) is 4.99 Å². The van der Waals surface area contributed by atoms with Gasteiger partial charge in [0.25, 0.3) is 0 Å². The summed E-state index contributed by atoms with van der Waals surface area (Å²) in [5.74, 6) is 2.06. The number of rotatable bonds is 8. The molecule has 152 valence electrons. The van der Waals surface area contributed by atoms with Crippen molar-refractivity contribution >= 4 is 5.96 Å². The molecule has 0 bridgehead atoms. The average Bonchev–Trinajstić information content (AvgIpc) is 3.17. The molecular weight excluding hydrogens is 369 g/mol. The molecule has 0 aliphatic carbocycles. The second-order valence-corrected chi connectivity index (χ2v) is 6.58. The molecule has 0 unspecified atom stereocenters. The maximum atomic E-state index is 12.9. The number of nitrogens with zero attached hydrogens (tertiary/aromatic N) is 4. The van der Waals surface area contributed by atoms with Gasteiger partial charge in [0.15, 0.2) is 5.96 Å². The molecule has 0 saturated carbocycles. The Morgan fingerprint density at radius 3 is 2.66 bits per heavy atom. The Hall–Kier alpha value is -3.35. The topological polar surface area (TPSA) is 54.7 Å². The molecule has 7 heteroatoms. The zero-order valence-electron chi connectivity index (χ0n) is 16.8. The molecule has 3 aromatic rings.